The van der Waals surface area contributed by atoms with Crippen LogP contribution in [0, 0.1) is 23.7 Å². The van der Waals surface area contributed by atoms with Crippen molar-refractivity contribution < 1.29 is 0 Å². The zero-order chi connectivity index (χ0) is 39.3. The van der Waals surface area contributed by atoms with Crippen LogP contribution in [-0.4, -0.2) is 11.4 Å². The zero-order valence-electron chi connectivity index (χ0n) is 36.4. The Morgan fingerprint density at radius 2 is 0.618 bits per heavy atom. The summed E-state index contributed by atoms with van der Waals surface area (Å²) in [7, 11) is 0. The van der Waals surface area contributed by atoms with E-state index in [0.29, 0.717) is 0 Å². The van der Waals surface area contributed by atoms with E-state index in [2.05, 4.69) is 99.9 Å². The number of unbranched alkanes of at least 4 members (excludes halogenated alkanes) is 25. The quantitative estimate of drug-likeness (QED) is 0.0405. The summed E-state index contributed by atoms with van der Waals surface area (Å²) in [6.07, 6.45) is 39.6. The van der Waals surface area contributed by atoms with Gasteiger partial charge in [0.05, 0.1) is 22.8 Å². The molecule has 0 saturated carbocycles. The first-order valence-corrected chi connectivity index (χ1v) is 23.5. The number of hydrogen-bond donors (Lipinski definition) is 0. The van der Waals surface area contributed by atoms with Gasteiger partial charge in [-0.2, -0.15) is 0 Å². The second-order valence-corrected chi connectivity index (χ2v) is 15.9. The number of rotatable bonds is 32. The number of hydrogen-bond acceptors (Lipinski definition) is 2. The van der Waals surface area contributed by atoms with Gasteiger partial charge in [-0.15, -0.1) is 0 Å². The Kier molecular flexibility index (Phi) is 30.9. The fourth-order valence-corrected chi connectivity index (χ4v) is 7.07. The third kappa shape index (κ3) is 26.4. The minimum Gasteiger partial charge on any atom is -0.252 e. The van der Waals surface area contributed by atoms with Crippen LogP contribution in [0.2, 0.25) is 0 Å². The Labute approximate surface area is 341 Å². The molecule has 0 aliphatic carbocycles. The van der Waals surface area contributed by atoms with Gasteiger partial charge in [0.15, 0.2) is 0 Å². The molecular weight excluding hydrogens is 665 g/mol. The normalized spacial score (nSPS) is 11.6. The van der Waals surface area contributed by atoms with Crippen LogP contribution in [0.25, 0.3) is 0 Å². The summed E-state index contributed by atoms with van der Waals surface area (Å²) in [5, 5.41) is 0. The van der Waals surface area contributed by atoms with Gasteiger partial charge in [0.2, 0.25) is 0 Å². The van der Waals surface area contributed by atoms with Gasteiger partial charge in [-0.25, -0.2) is 0 Å². The molecule has 304 valence electrons. The van der Waals surface area contributed by atoms with E-state index < -0.39 is 0 Å². The molecule has 2 rings (SSSR count). The van der Waals surface area contributed by atoms with Crippen molar-refractivity contribution in [3.05, 3.63) is 59.7 Å². The summed E-state index contributed by atoms with van der Waals surface area (Å²) in [5.41, 5.74) is 6.46. The summed E-state index contributed by atoms with van der Waals surface area (Å²) < 4.78 is 0. The summed E-state index contributed by atoms with van der Waals surface area (Å²) >= 11 is 0. The van der Waals surface area contributed by atoms with E-state index in [-0.39, 0.29) is 0 Å². The van der Waals surface area contributed by atoms with Crippen molar-refractivity contribution in [1.29, 1.82) is 0 Å². The maximum absolute atomic E-state index is 5.27. The van der Waals surface area contributed by atoms with E-state index in [4.69, 9.17) is 9.98 Å². The van der Waals surface area contributed by atoms with Gasteiger partial charge >= 0.3 is 0 Å². The third-order valence-electron chi connectivity index (χ3n) is 10.7. The van der Waals surface area contributed by atoms with Crippen LogP contribution in [0.3, 0.4) is 0 Å². The largest absolute Gasteiger partial charge is 0.252 e. The number of nitrogens with zero attached hydrogens (tertiary/aromatic N) is 2. The highest BCUT2D eigenvalue weighted by Gasteiger charge is 2.11. The SMILES string of the molecule is CCCCCCCCCCCCC#Cc1ccc(N=C(CCCCC)C(CCCCCC)=Nc2ccc(C#CCCCCCCCCCCCC)cc2)cc1. The molecule has 2 heteroatoms. The molecule has 2 nitrogen and oxygen atoms in total. The molecule has 55 heavy (non-hydrogen) atoms. The minimum atomic E-state index is 0.962. The Morgan fingerprint density at radius 3 is 0.964 bits per heavy atom. The minimum absolute atomic E-state index is 0.962. The average Bonchev–Trinajstić information content (AvgIpc) is 3.20. The lowest BCUT2D eigenvalue weighted by Crippen LogP contribution is -2.14. The highest BCUT2D eigenvalue weighted by Crippen LogP contribution is 2.21. The number of benzene rings is 2. The van der Waals surface area contributed by atoms with Gasteiger partial charge < -0.3 is 0 Å². The summed E-state index contributed by atoms with van der Waals surface area (Å²) in [6.45, 7) is 9.13. The summed E-state index contributed by atoms with van der Waals surface area (Å²) in [4.78, 5) is 10.5. The molecule has 0 saturated heterocycles. The monoisotopic (exact) mass is 747 g/mol. The molecule has 0 radical (unpaired) electrons. The lowest BCUT2D eigenvalue weighted by Gasteiger charge is -2.12. The topological polar surface area (TPSA) is 24.7 Å². The van der Waals surface area contributed by atoms with Crippen LogP contribution in [0.4, 0.5) is 11.4 Å². The van der Waals surface area contributed by atoms with E-state index in [0.717, 1.165) is 72.4 Å². The van der Waals surface area contributed by atoms with Gasteiger partial charge in [-0.1, -0.05) is 199 Å². The van der Waals surface area contributed by atoms with E-state index in [1.54, 1.807) is 0 Å². The van der Waals surface area contributed by atoms with E-state index in [9.17, 15) is 0 Å². The van der Waals surface area contributed by atoms with Crippen LogP contribution < -0.4 is 0 Å². The molecular formula is C53H82N2. The first-order chi connectivity index (χ1) is 27.2. The molecule has 0 aliphatic rings. The van der Waals surface area contributed by atoms with Gasteiger partial charge in [-0.05, 0) is 87.1 Å². The van der Waals surface area contributed by atoms with Crippen molar-refractivity contribution in [3.63, 3.8) is 0 Å². The van der Waals surface area contributed by atoms with Gasteiger partial charge in [0.25, 0.3) is 0 Å². The van der Waals surface area contributed by atoms with Crippen molar-refractivity contribution in [2.75, 3.05) is 0 Å². The molecule has 0 amide bonds. The van der Waals surface area contributed by atoms with Crippen LogP contribution in [0.15, 0.2) is 58.5 Å². The molecule has 0 atom stereocenters. The van der Waals surface area contributed by atoms with E-state index in [1.807, 2.05) is 0 Å². The molecule has 0 N–H and O–H groups in total. The number of aliphatic imine (C=N–C) groups is 2. The molecule has 0 aromatic heterocycles. The maximum atomic E-state index is 5.27. The Bertz CT molecular complexity index is 1370. The van der Waals surface area contributed by atoms with E-state index >= 15 is 0 Å². The highest BCUT2D eigenvalue weighted by molar-refractivity contribution is 6.43. The molecule has 0 heterocycles. The molecule has 0 bridgehead atoms. The predicted molar refractivity (Wildman–Crippen MR) is 247 cm³/mol. The molecule has 2 aromatic rings. The van der Waals surface area contributed by atoms with Crippen molar-refractivity contribution in [2.24, 2.45) is 9.98 Å². The van der Waals surface area contributed by atoms with Crippen LogP contribution in [-0.2, 0) is 0 Å². The summed E-state index contributed by atoms with van der Waals surface area (Å²) in [6, 6.07) is 17.1. The standard InChI is InChI=1S/C53H82N2/c1-5-9-13-16-18-20-22-24-26-28-30-33-36-48-40-44-50(45-41-48)54-52(38-32-12-8-4)53(39-35-15-11-7-3)55-51-46-42-49(43-47-51)37-34-31-29-27-25-23-21-19-17-14-10-6-2/h40-47H,5-32,35,38-39H2,1-4H3. The van der Waals surface area contributed by atoms with Crippen molar-refractivity contribution in [1.82, 2.24) is 0 Å². The van der Waals surface area contributed by atoms with Crippen molar-refractivity contribution in [3.8, 4) is 23.7 Å². The summed E-state index contributed by atoms with van der Waals surface area (Å²) in [5.74, 6) is 13.6. The maximum Gasteiger partial charge on any atom is 0.0634 e. The van der Waals surface area contributed by atoms with Gasteiger partial charge in [0, 0.05) is 24.0 Å². The molecule has 0 fully saturated rings. The molecule has 0 unspecified atom stereocenters. The second-order valence-electron chi connectivity index (χ2n) is 15.9. The molecule has 0 spiro atoms. The van der Waals surface area contributed by atoms with Crippen molar-refractivity contribution in [2.45, 2.75) is 227 Å². The Hall–Kier alpha value is -3.10. The van der Waals surface area contributed by atoms with Crippen LogP contribution in [0.1, 0.15) is 238 Å². The Balaban J connectivity index is 1.98. The second kappa shape index (κ2) is 35.3. The first-order valence-electron chi connectivity index (χ1n) is 23.5. The third-order valence-corrected chi connectivity index (χ3v) is 10.7. The fourth-order valence-electron chi connectivity index (χ4n) is 7.07. The average molecular weight is 747 g/mol. The smallest absolute Gasteiger partial charge is 0.0634 e. The predicted octanol–water partition coefficient (Wildman–Crippen LogP) is 17.4. The van der Waals surface area contributed by atoms with Crippen LogP contribution in [0.5, 0.6) is 0 Å². The van der Waals surface area contributed by atoms with Crippen molar-refractivity contribution >= 4 is 22.8 Å². The highest BCUT2D eigenvalue weighted by atomic mass is 14.8. The van der Waals surface area contributed by atoms with Gasteiger partial charge in [0.1, 0.15) is 0 Å². The Morgan fingerprint density at radius 1 is 0.345 bits per heavy atom. The molecule has 2 aromatic carbocycles. The first kappa shape index (κ1) is 48.0. The lowest BCUT2D eigenvalue weighted by molar-refractivity contribution is 0.558. The van der Waals surface area contributed by atoms with E-state index in [1.165, 1.54) is 161 Å². The lowest BCUT2D eigenvalue weighted by atomic mass is 10.0. The molecule has 0 aliphatic heterocycles. The fraction of sp³-hybridized carbons (Fsp3) is 0.660. The van der Waals surface area contributed by atoms with Gasteiger partial charge in [-0.3, -0.25) is 9.98 Å². The van der Waals surface area contributed by atoms with Crippen LogP contribution >= 0.6 is 0 Å². The zero-order valence-corrected chi connectivity index (χ0v) is 36.4.